The van der Waals surface area contributed by atoms with Gasteiger partial charge >= 0.3 is 6.09 Å². The highest BCUT2D eigenvalue weighted by atomic mass is 16.6. The molecule has 200 valence electrons. The highest BCUT2D eigenvalue weighted by molar-refractivity contribution is 5.78. The molecule has 0 radical (unpaired) electrons. The van der Waals surface area contributed by atoms with Gasteiger partial charge in [0.05, 0.1) is 0 Å². The summed E-state index contributed by atoms with van der Waals surface area (Å²) in [4.78, 5) is 23.2. The maximum Gasteiger partial charge on any atom is 0.410 e. The van der Waals surface area contributed by atoms with Crippen LogP contribution in [-0.4, -0.2) is 58.9 Å². The number of rotatable bonds is 5. The third-order valence-corrected chi connectivity index (χ3v) is 6.68. The maximum absolute atomic E-state index is 12.6. The van der Waals surface area contributed by atoms with Gasteiger partial charge in [-0.15, -0.1) is 0 Å². The topological polar surface area (TPSA) is 111 Å². The first kappa shape index (κ1) is 24.7. The summed E-state index contributed by atoms with van der Waals surface area (Å²) in [6, 6.07) is 11.7. The molecular formula is C28H30N8O3. The van der Waals surface area contributed by atoms with Gasteiger partial charge in [-0.25, -0.2) is 23.8 Å². The van der Waals surface area contributed by atoms with Crippen LogP contribution in [0.4, 0.5) is 16.3 Å². The van der Waals surface area contributed by atoms with E-state index in [2.05, 4.69) is 31.5 Å². The van der Waals surface area contributed by atoms with Gasteiger partial charge in [0.15, 0.2) is 11.5 Å². The number of anilines is 2. The molecule has 4 aromatic heterocycles. The fourth-order valence-corrected chi connectivity index (χ4v) is 4.87. The Morgan fingerprint density at radius 1 is 1.03 bits per heavy atom. The Balaban J connectivity index is 1.21. The fourth-order valence-electron chi connectivity index (χ4n) is 4.87. The number of pyridine rings is 1. The zero-order valence-corrected chi connectivity index (χ0v) is 22.3. The first-order valence-corrected chi connectivity index (χ1v) is 12.9. The SMILES string of the molecule is Cc1cc(Nc2ncnn3ccc(C4CCN(C(=O)OC(C)(C)C)C4)c23)ccc1Oc1ccn2ncnc2c1. The van der Waals surface area contributed by atoms with Gasteiger partial charge < -0.3 is 19.7 Å². The van der Waals surface area contributed by atoms with Crippen molar-refractivity contribution in [1.82, 2.24) is 34.1 Å². The molecule has 1 aliphatic heterocycles. The van der Waals surface area contributed by atoms with E-state index in [4.69, 9.17) is 9.47 Å². The highest BCUT2D eigenvalue weighted by Crippen LogP contribution is 2.35. The van der Waals surface area contributed by atoms with Crippen LogP contribution >= 0.6 is 0 Å². The molecule has 11 heteroatoms. The Morgan fingerprint density at radius 2 is 1.82 bits per heavy atom. The van der Waals surface area contributed by atoms with Crippen LogP contribution in [0.25, 0.3) is 11.2 Å². The molecule has 0 aliphatic carbocycles. The van der Waals surface area contributed by atoms with Crippen molar-refractivity contribution in [1.29, 1.82) is 0 Å². The zero-order valence-electron chi connectivity index (χ0n) is 22.3. The molecule has 39 heavy (non-hydrogen) atoms. The number of likely N-dealkylation sites (tertiary alicyclic amines) is 1. The lowest BCUT2D eigenvalue weighted by Crippen LogP contribution is -2.35. The number of amides is 1. The standard InChI is InChI=1S/C28H30N8O3/c1-18-13-20(5-6-23(18)38-21-8-11-35-24(14-21)29-16-31-35)33-26-25-22(9-12-36(25)32-17-30-26)19-7-10-34(15-19)27(37)39-28(2,3)4/h5-6,8-9,11-14,16-17,19H,7,10,15H2,1-4H3,(H,30,32,33). The van der Waals surface area contributed by atoms with Crippen LogP contribution in [0, 0.1) is 6.92 Å². The number of nitrogens with one attached hydrogen (secondary N) is 1. The molecule has 1 unspecified atom stereocenters. The molecule has 0 saturated carbocycles. The van der Waals surface area contributed by atoms with Crippen molar-refractivity contribution in [3.8, 4) is 11.5 Å². The number of fused-ring (bicyclic) bond motifs is 2. The van der Waals surface area contributed by atoms with Crippen LogP contribution < -0.4 is 10.1 Å². The molecule has 1 amide bonds. The lowest BCUT2D eigenvalue weighted by Gasteiger charge is -2.24. The van der Waals surface area contributed by atoms with Gasteiger partial charge in [-0.2, -0.15) is 10.2 Å². The molecule has 1 aliphatic rings. The van der Waals surface area contributed by atoms with Crippen molar-refractivity contribution in [3.05, 3.63) is 72.6 Å². The Bertz CT molecular complexity index is 1670. The molecule has 1 atom stereocenters. The third kappa shape index (κ3) is 5.07. The number of ether oxygens (including phenoxy) is 2. The molecule has 1 aromatic carbocycles. The third-order valence-electron chi connectivity index (χ3n) is 6.68. The summed E-state index contributed by atoms with van der Waals surface area (Å²) >= 11 is 0. The predicted molar refractivity (Wildman–Crippen MR) is 146 cm³/mol. The van der Waals surface area contributed by atoms with Gasteiger partial charge in [-0.05, 0) is 75.6 Å². The highest BCUT2D eigenvalue weighted by Gasteiger charge is 2.32. The summed E-state index contributed by atoms with van der Waals surface area (Å²) in [6.07, 6.45) is 7.36. The number of carbonyl (C=O) groups is 1. The van der Waals surface area contributed by atoms with Crippen molar-refractivity contribution in [3.63, 3.8) is 0 Å². The van der Waals surface area contributed by atoms with Crippen LogP contribution in [0.2, 0.25) is 0 Å². The van der Waals surface area contributed by atoms with E-state index in [-0.39, 0.29) is 12.0 Å². The smallest absolute Gasteiger partial charge is 0.410 e. The molecule has 6 rings (SSSR count). The van der Waals surface area contributed by atoms with Crippen LogP contribution in [0.1, 0.15) is 44.2 Å². The van der Waals surface area contributed by atoms with E-state index in [1.54, 1.807) is 9.42 Å². The van der Waals surface area contributed by atoms with Gasteiger partial charge in [-0.1, -0.05) is 0 Å². The Hall–Kier alpha value is -4.67. The lowest BCUT2D eigenvalue weighted by molar-refractivity contribution is 0.0292. The van der Waals surface area contributed by atoms with E-state index in [1.165, 1.54) is 12.7 Å². The summed E-state index contributed by atoms with van der Waals surface area (Å²) in [6.45, 7) is 8.89. The monoisotopic (exact) mass is 526 g/mol. The minimum atomic E-state index is -0.521. The number of hydrogen-bond acceptors (Lipinski definition) is 8. The van der Waals surface area contributed by atoms with E-state index in [0.717, 1.165) is 40.1 Å². The van der Waals surface area contributed by atoms with Gasteiger partial charge in [0.1, 0.15) is 35.3 Å². The minimum Gasteiger partial charge on any atom is -0.457 e. The molecule has 11 nitrogen and oxygen atoms in total. The average molecular weight is 527 g/mol. The first-order chi connectivity index (χ1) is 18.7. The normalized spacial score (nSPS) is 15.7. The molecule has 1 N–H and O–H groups in total. The van der Waals surface area contributed by atoms with Crippen molar-refractivity contribution in [2.45, 2.75) is 45.6 Å². The predicted octanol–water partition coefficient (Wildman–Crippen LogP) is 5.34. The number of aryl methyl sites for hydroxylation is 1. The lowest BCUT2D eigenvalue weighted by atomic mass is 10.00. The van der Waals surface area contributed by atoms with Gasteiger partial charge in [-0.3, -0.25) is 0 Å². The second-order valence-electron chi connectivity index (χ2n) is 10.7. The van der Waals surface area contributed by atoms with Crippen LogP contribution in [0.15, 0.2) is 61.4 Å². The zero-order chi connectivity index (χ0) is 27.1. The average Bonchev–Trinajstić information content (AvgIpc) is 3.64. The van der Waals surface area contributed by atoms with Crippen LogP contribution in [0.3, 0.4) is 0 Å². The van der Waals surface area contributed by atoms with Crippen LogP contribution in [0.5, 0.6) is 11.5 Å². The Labute approximate surface area is 225 Å². The summed E-state index contributed by atoms with van der Waals surface area (Å²) in [5, 5.41) is 12.0. The second-order valence-corrected chi connectivity index (χ2v) is 10.7. The molecule has 0 spiro atoms. The number of aromatic nitrogens is 6. The van der Waals surface area contributed by atoms with Gasteiger partial charge in [0.2, 0.25) is 0 Å². The largest absolute Gasteiger partial charge is 0.457 e. The van der Waals surface area contributed by atoms with Gasteiger partial charge in [0.25, 0.3) is 0 Å². The van der Waals surface area contributed by atoms with Crippen LogP contribution in [-0.2, 0) is 4.74 Å². The number of nitrogens with zero attached hydrogens (tertiary/aromatic N) is 7. The molecule has 0 bridgehead atoms. The van der Waals surface area contributed by atoms with Crippen molar-refractivity contribution >= 4 is 28.8 Å². The van der Waals surface area contributed by atoms with Crippen molar-refractivity contribution in [2.75, 3.05) is 18.4 Å². The van der Waals surface area contributed by atoms with E-state index in [0.29, 0.717) is 24.7 Å². The van der Waals surface area contributed by atoms with Gasteiger partial charge in [0, 0.05) is 43.2 Å². The quantitative estimate of drug-likeness (QED) is 0.327. The van der Waals surface area contributed by atoms with E-state index >= 15 is 0 Å². The fraction of sp³-hybridized carbons (Fsp3) is 0.321. The van der Waals surface area contributed by atoms with Crippen molar-refractivity contribution < 1.29 is 14.3 Å². The number of hydrogen-bond donors (Lipinski definition) is 1. The number of carbonyl (C=O) groups excluding carboxylic acids is 1. The summed E-state index contributed by atoms with van der Waals surface area (Å²) < 4.78 is 15.2. The molecule has 1 fully saturated rings. The maximum atomic E-state index is 12.6. The second kappa shape index (κ2) is 9.57. The Morgan fingerprint density at radius 3 is 2.64 bits per heavy atom. The summed E-state index contributed by atoms with van der Waals surface area (Å²) in [7, 11) is 0. The number of benzene rings is 1. The van der Waals surface area contributed by atoms with E-state index < -0.39 is 5.60 Å². The summed E-state index contributed by atoms with van der Waals surface area (Å²) in [5.41, 5.74) is 4.04. The molecular weight excluding hydrogens is 496 g/mol. The summed E-state index contributed by atoms with van der Waals surface area (Å²) in [5.74, 6) is 2.29. The van der Waals surface area contributed by atoms with E-state index in [1.807, 2.05) is 74.9 Å². The molecule has 5 aromatic rings. The molecule has 1 saturated heterocycles. The molecule has 5 heterocycles. The van der Waals surface area contributed by atoms with E-state index in [9.17, 15) is 4.79 Å². The van der Waals surface area contributed by atoms with Crippen molar-refractivity contribution in [2.24, 2.45) is 0 Å². The Kier molecular flexibility index (Phi) is 6.05. The minimum absolute atomic E-state index is 0.161. The first-order valence-electron chi connectivity index (χ1n) is 12.9.